The molecular formula is C15H26BrN3. The molecule has 0 amide bonds. The van der Waals surface area contributed by atoms with E-state index >= 15 is 0 Å². The molecule has 1 saturated carbocycles. The first kappa shape index (κ1) is 15.0. The van der Waals surface area contributed by atoms with E-state index in [-0.39, 0.29) is 0 Å². The minimum atomic E-state index is 0.494. The SMILES string of the molecule is CCn1nc(C)c(Br)c1CNC1CCCC(C)(C)C1. The van der Waals surface area contributed by atoms with Gasteiger partial charge in [-0.3, -0.25) is 4.68 Å². The Morgan fingerprint density at radius 3 is 2.84 bits per heavy atom. The maximum absolute atomic E-state index is 4.55. The van der Waals surface area contributed by atoms with Crippen molar-refractivity contribution in [2.45, 2.75) is 72.5 Å². The van der Waals surface area contributed by atoms with Crippen LogP contribution in [0, 0.1) is 12.3 Å². The van der Waals surface area contributed by atoms with Crippen molar-refractivity contribution in [2.75, 3.05) is 0 Å². The summed E-state index contributed by atoms with van der Waals surface area (Å²) >= 11 is 3.67. The predicted molar refractivity (Wildman–Crippen MR) is 83.2 cm³/mol. The molecule has 1 atom stereocenters. The first-order chi connectivity index (χ1) is 8.93. The molecule has 0 aliphatic heterocycles. The minimum Gasteiger partial charge on any atom is -0.308 e. The number of hydrogen-bond donors (Lipinski definition) is 1. The predicted octanol–water partition coefficient (Wildman–Crippen LogP) is 4.03. The molecule has 0 spiro atoms. The molecule has 1 heterocycles. The topological polar surface area (TPSA) is 29.9 Å². The highest BCUT2D eigenvalue weighted by Crippen LogP contribution is 2.35. The second kappa shape index (κ2) is 5.96. The van der Waals surface area contributed by atoms with Gasteiger partial charge in [0.1, 0.15) is 0 Å². The van der Waals surface area contributed by atoms with Crippen molar-refractivity contribution in [1.82, 2.24) is 15.1 Å². The number of nitrogens with one attached hydrogen (secondary N) is 1. The molecule has 1 aliphatic carbocycles. The third-order valence-electron chi connectivity index (χ3n) is 4.22. The van der Waals surface area contributed by atoms with E-state index in [1.165, 1.54) is 31.4 Å². The molecule has 3 nitrogen and oxygen atoms in total. The van der Waals surface area contributed by atoms with Crippen LogP contribution in [0.15, 0.2) is 4.47 Å². The van der Waals surface area contributed by atoms with Crippen molar-refractivity contribution in [2.24, 2.45) is 5.41 Å². The molecule has 1 aromatic heterocycles. The molecule has 1 N–H and O–H groups in total. The summed E-state index contributed by atoms with van der Waals surface area (Å²) in [6.45, 7) is 10.8. The van der Waals surface area contributed by atoms with Gasteiger partial charge in [-0.15, -0.1) is 0 Å². The second-order valence-corrected chi connectivity index (χ2v) is 7.29. The highest BCUT2D eigenvalue weighted by Gasteiger charge is 2.27. The summed E-state index contributed by atoms with van der Waals surface area (Å²) in [4.78, 5) is 0. The van der Waals surface area contributed by atoms with Crippen molar-refractivity contribution < 1.29 is 0 Å². The molecular weight excluding hydrogens is 302 g/mol. The Balaban J connectivity index is 1.99. The standard InChI is InChI=1S/C15H26BrN3/c1-5-19-13(14(16)11(2)18-19)10-17-12-7-6-8-15(3,4)9-12/h12,17H,5-10H2,1-4H3. The number of aromatic nitrogens is 2. The summed E-state index contributed by atoms with van der Waals surface area (Å²) in [5.41, 5.74) is 2.86. The normalized spacial score (nSPS) is 22.7. The van der Waals surface area contributed by atoms with Gasteiger partial charge in [0.25, 0.3) is 0 Å². The fourth-order valence-corrected chi connectivity index (χ4v) is 3.58. The van der Waals surface area contributed by atoms with Crippen LogP contribution in [0.3, 0.4) is 0 Å². The van der Waals surface area contributed by atoms with Crippen molar-refractivity contribution in [3.63, 3.8) is 0 Å². The molecule has 0 aromatic carbocycles. The van der Waals surface area contributed by atoms with Crippen LogP contribution in [0.5, 0.6) is 0 Å². The fraction of sp³-hybridized carbons (Fsp3) is 0.800. The first-order valence-electron chi connectivity index (χ1n) is 7.38. The Hall–Kier alpha value is -0.350. The van der Waals surface area contributed by atoms with Gasteiger partial charge in [0.2, 0.25) is 0 Å². The van der Waals surface area contributed by atoms with Crippen molar-refractivity contribution >= 4 is 15.9 Å². The largest absolute Gasteiger partial charge is 0.308 e. The second-order valence-electron chi connectivity index (χ2n) is 6.50. The van der Waals surface area contributed by atoms with E-state index in [1.807, 2.05) is 0 Å². The molecule has 1 aromatic rings. The van der Waals surface area contributed by atoms with Crippen LogP contribution >= 0.6 is 15.9 Å². The van der Waals surface area contributed by atoms with E-state index in [0.717, 1.165) is 23.3 Å². The van der Waals surface area contributed by atoms with Crippen LogP contribution in [0.2, 0.25) is 0 Å². The number of nitrogens with zero attached hydrogens (tertiary/aromatic N) is 2. The Kier molecular flexibility index (Phi) is 4.72. The van der Waals surface area contributed by atoms with Gasteiger partial charge in [-0.2, -0.15) is 5.10 Å². The Bertz CT molecular complexity index is 437. The molecule has 108 valence electrons. The average Bonchev–Trinajstić information content (AvgIpc) is 2.62. The number of aryl methyl sites for hydroxylation is 2. The summed E-state index contributed by atoms with van der Waals surface area (Å²) < 4.78 is 3.26. The maximum atomic E-state index is 4.55. The van der Waals surface area contributed by atoms with Crippen molar-refractivity contribution in [3.05, 3.63) is 15.9 Å². The molecule has 4 heteroatoms. The van der Waals surface area contributed by atoms with Gasteiger partial charge < -0.3 is 5.32 Å². The third-order valence-corrected chi connectivity index (χ3v) is 5.25. The zero-order valence-corrected chi connectivity index (χ0v) is 14.2. The van der Waals surface area contributed by atoms with Gasteiger partial charge in [-0.1, -0.05) is 20.3 Å². The smallest absolute Gasteiger partial charge is 0.0739 e. The molecule has 0 saturated heterocycles. The Labute approximate surface area is 125 Å². The van der Waals surface area contributed by atoms with Gasteiger partial charge >= 0.3 is 0 Å². The highest BCUT2D eigenvalue weighted by molar-refractivity contribution is 9.10. The molecule has 2 rings (SSSR count). The van der Waals surface area contributed by atoms with Crippen LogP contribution in [0.4, 0.5) is 0 Å². The van der Waals surface area contributed by atoms with Crippen molar-refractivity contribution in [1.29, 1.82) is 0 Å². The van der Waals surface area contributed by atoms with Gasteiger partial charge in [0, 0.05) is 19.1 Å². The molecule has 1 fully saturated rings. The van der Waals surface area contributed by atoms with E-state index in [1.54, 1.807) is 0 Å². The Morgan fingerprint density at radius 2 is 2.21 bits per heavy atom. The number of hydrogen-bond acceptors (Lipinski definition) is 2. The van der Waals surface area contributed by atoms with E-state index < -0.39 is 0 Å². The van der Waals surface area contributed by atoms with Gasteiger partial charge in [-0.25, -0.2) is 0 Å². The first-order valence-corrected chi connectivity index (χ1v) is 8.17. The van der Waals surface area contributed by atoms with Gasteiger partial charge in [-0.05, 0) is 54.5 Å². The van der Waals surface area contributed by atoms with Crippen molar-refractivity contribution in [3.8, 4) is 0 Å². The number of rotatable bonds is 4. The molecule has 0 radical (unpaired) electrons. The van der Waals surface area contributed by atoms with Crippen LogP contribution in [-0.4, -0.2) is 15.8 Å². The quantitative estimate of drug-likeness (QED) is 0.904. The van der Waals surface area contributed by atoms with Crippen LogP contribution < -0.4 is 5.32 Å². The highest BCUT2D eigenvalue weighted by atomic mass is 79.9. The molecule has 1 unspecified atom stereocenters. The summed E-state index contributed by atoms with van der Waals surface area (Å²) in [6.07, 6.45) is 5.29. The van der Waals surface area contributed by atoms with Crippen LogP contribution in [-0.2, 0) is 13.1 Å². The summed E-state index contributed by atoms with van der Waals surface area (Å²) in [7, 11) is 0. The zero-order chi connectivity index (χ0) is 14.0. The van der Waals surface area contributed by atoms with E-state index in [9.17, 15) is 0 Å². The van der Waals surface area contributed by atoms with Gasteiger partial charge in [0.15, 0.2) is 0 Å². The molecule has 19 heavy (non-hydrogen) atoms. The molecule has 0 bridgehead atoms. The van der Waals surface area contributed by atoms with Crippen LogP contribution in [0.1, 0.15) is 57.8 Å². The monoisotopic (exact) mass is 327 g/mol. The third kappa shape index (κ3) is 3.60. The van der Waals surface area contributed by atoms with E-state index in [2.05, 4.69) is 58.7 Å². The Morgan fingerprint density at radius 1 is 1.47 bits per heavy atom. The average molecular weight is 328 g/mol. The lowest BCUT2D eigenvalue weighted by Gasteiger charge is -2.35. The zero-order valence-electron chi connectivity index (χ0n) is 12.6. The number of halogens is 1. The van der Waals surface area contributed by atoms with E-state index in [0.29, 0.717) is 11.5 Å². The fourth-order valence-electron chi connectivity index (χ4n) is 3.15. The summed E-state index contributed by atoms with van der Waals surface area (Å²) in [5, 5.41) is 8.28. The van der Waals surface area contributed by atoms with Crippen LogP contribution in [0.25, 0.3) is 0 Å². The lowest BCUT2D eigenvalue weighted by atomic mass is 9.75. The summed E-state index contributed by atoms with van der Waals surface area (Å²) in [5.74, 6) is 0. The lowest BCUT2D eigenvalue weighted by molar-refractivity contribution is 0.197. The maximum Gasteiger partial charge on any atom is 0.0739 e. The molecule has 1 aliphatic rings. The lowest BCUT2D eigenvalue weighted by Crippen LogP contribution is -2.37. The van der Waals surface area contributed by atoms with E-state index in [4.69, 9.17) is 0 Å². The summed E-state index contributed by atoms with van der Waals surface area (Å²) in [6, 6.07) is 0.649. The van der Waals surface area contributed by atoms with Gasteiger partial charge in [0.05, 0.1) is 15.9 Å². The minimum absolute atomic E-state index is 0.494.